The number of carbonyl (C=O) groups excluding carboxylic acids is 1. The summed E-state index contributed by atoms with van der Waals surface area (Å²) in [6, 6.07) is 11.4. The zero-order chi connectivity index (χ0) is 19.1. The molecule has 1 N–H and O–H groups in total. The first-order chi connectivity index (χ1) is 13.2. The Hall–Kier alpha value is -1.20. The van der Waals surface area contributed by atoms with Gasteiger partial charge in [0.1, 0.15) is 0 Å². The average molecular weight is 390 g/mol. The Balaban J connectivity index is 1.36. The lowest BCUT2D eigenvalue weighted by molar-refractivity contribution is 0.162. The van der Waals surface area contributed by atoms with Gasteiger partial charge in [-0.25, -0.2) is 4.79 Å². The number of urea groups is 1. The van der Waals surface area contributed by atoms with Crippen LogP contribution in [0.15, 0.2) is 30.3 Å². The highest BCUT2D eigenvalue weighted by molar-refractivity contribution is 7.96. The summed E-state index contributed by atoms with van der Waals surface area (Å²) in [5.41, 5.74) is 1.48. The topological polar surface area (TPSA) is 35.6 Å². The average Bonchev–Trinajstić information content (AvgIpc) is 2.73. The molecule has 0 unspecified atom stereocenters. The van der Waals surface area contributed by atoms with Gasteiger partial charge in [-0.05, 0) is 55.9 Å². The molecule has 150 valence electrons. The van der Waals surface area contributed by atoms with Crippen molar-refractivity contribution in [1.82, 2.24) is 14.5 Å². The van der Waals surface area contributed by atoms with E-state index in [1.165, 1.54) is 31.2 Å². The minimum Gasteiger partial charge on any atom is -0.338 e. The molecule has 1 aliphatic carbocycles. The third kappa shape index (κ3) is 5.89. The van der Waals surface area contributed by atoms with Gasteiger partial charge in [0.25, 0.3) is 0 Å². The van der Waals surface area contributed by atoms with Gasteiger partial charge < -0.3 is 10.2 Å². The van der Waals surface area contributed by atoms with E-state index in [2.05, 4.69) is 46.9 Å². The first kappa shape index (κ1) is 20.5. The fourth-order valence-corrected chi connectivity index (χ4v) is 5.32. The summed E-state index contributed by atoms with van der Waals surface area (Å²) in [6.45, 7) is 5.20. The van der Waals surface area contributed by atoms with E-state index in [1.807, 2.05) is 23.9 Å². The van der Waals surface area contributed by atoms with Crippen molar-refractivity contribution in [3.8, 4) is 0 Å². The number of amides is 2. The Labute approximate surface area is 169 Å². The van der Waals surface area contributed by atoms with E-state index < -0.39 is 0 Å². The molecule has 2 fully saturated rings. The summed E-state index contributed by atoms with van der Waals surface area (Å²) in [6.07, 6.45) is 7.09. The number of piperidine rings is 1. The highest BCUT2D eigenvalue weighted by Gasteiger charge is 2.27. The molecule has 3 rings (SSSR count). The molecule has 2 aliphatic rings. The lowest BCUT2D eigenvalue weighted by Gasteiger charge is -2.36. The van der Waals surface area contributed by atoms with E-state index >= 15 is 0 Å². The van der Waals surface area contributed by atoms with Crippen LogP contribution in [0.4, 0.5) is 4.79 Å². The summed E-state index contributed by atoms with van der Waals surface area (Å²) < 4.78 is 2.44. The molecule has 2 amide bonds. The predicted octanol–water partition coefficient (Wildman–Crippen LogP) is 4.73. The normalized spacial score (nSPS) is 24.5. The maximum Gasteiger partial charge on any atom is 0.317 e. The van der Waals surface area contributed by atoms with Crippen molar-refractivity contribution in [3.05, 3.63) is 35.9 Å². The van der Waals surface area contributed by atoms with Gasteiger partial charge in [0.2, 0.25) is 0 Å². The lowest BCUT2D eigenvalue weighted by Crippen LogP contribution is -2.48. The lowest BCUT2D eigenvalue weighted by atomic mass is 9.79. The van der Waals surface area contributed by atoms with Gasteiger partial charge in [0, 0.05) is 38.5 Å². The molecule has 5 heteroatoms. The number of nitrogens with zero attached hydrogens (tertiary/aromatic N) is 2. The molecule has 0 radical (unpaired) electrons. The second kappa shape index (κ2) is 10.4. The van der Waals surface area contributed by atoms with E-state index in [-0.39, 0.29) is 6.03 Å². The minimum atomic E-state index is 0.113. The molecule has 1 aromatic carbocycles. The molecular formula is C22H35N3OS. The van der Waals surface area contributed by atoms with Crippen LogP contribution in [0, 0.1) is 5.92 Å². The Morgan fingerprint density at radius 2 is 1.78 bits per heavy atom. The number of rotatable bonds is 6. The zero-order valence-electron chi connectivity index (χ0n) is 16.9. The first-order valence-electron chi connectivity index (χ1n) is 10.6. The summed E-state index contributed by atoms with van der Waals surface area (Å²) in [5.74, 6) is 2.46. The van der Waals surface area contributed by atoms with Crippen LogP contribution in [0.5, 0.6) is 0 Å². The van der Waals surface area contributed by atoms with Crippen molar-refractivity contribution in [1.29, 1.82) is 0 Å². The minimum absolute atomic E-state index is 0.113. The second-order valence-electron chi connectivity index (χ2n) is 8.00. The van der Waals surface area contributed by atoms with Gasteiger partial charge in [0.15, 0.2) is 0 Å². The monoisotopic (exact) mass is 389 g/mol. The second-order valence-corrected chi connectivity index (χ2v) is 9.36. The molecule has 4 nitrogen and oxygen atoms in total. The third-order valence-electron chi connectivity index (χ3n) is 6.26. The van der Waals surface area contributed by atoms with Crippen LogP contribution < -0.4 is 5.32 Å². The third-order valence-corrected chi connectivity index (χ3v) is 7.25. The van der Waals surface area contributed by atoms with Crippen molar-refractivity contribution in [2.45, 2.75) is 57.4 Å². The first-order valence-corrected chi connectivity index (χ1v) is 11.5. The van der Waals surface area contributed by atoms with Crippen LogP contribution in [0.2, 0.25) is 0 Å². The fraction of sp³-hybridized carbons (Fsp3) is 0.682. The van der Waals surface area contributed by atoms with Crippen LogP contribution in [-0.2, 0) is 0 Å². The summed E-state index contributed by atoms with van der Waals surface area (Å²) in [4.78, 5) is 14.5. The van der Waals surface area contributed by atoms with E-state index in [0.717, 1.165) is 38.2 Å². The molecule has 0 spiro atoms. The van der Waals surface area contributed by atoms with Gasteiger partial charge in [-0.1, -0.05) is 49.2 Å². The van der Waals surface area contributed by atoms with Gasteiger partial charge in [-0.15, -0.1) is 0 Å². The van der Waals surface area contributed by atoms with Crippen molar-refractivity contribution < 1.29 is 4.79 Å². The van der Waals surface area contributed by atoms with Crippen molar-refractivity contribution >= 4 is 18.0 Å². The molecule has 27 heavy (non-hydrogen) atoms. The molecule has 1 aliphatic heterocycles. The van der Waals surface area contributed by atoms with E-state index in [0.29, 0.717) is 17.9 Å². The number of benzene rings is 1. The van der Waals surface area contributed by atoms with E-state index in [4.69, 9.17) is 0 Å². The molecule has 0 atom stereocenters. The van der Waals surface area contributed by atoms with Gasteiger partial charge in [-0.3, -0.25) is 4.31 Å². The fourth-order valence-electron chi connectivity index (χ4n) is 4.49. The van der Waals surface area contributed by atoms with Gasteiger partial charge in [-0.2, -0.15) is 0 Å². The van der Waals surface area contributed by atoms with Crippen LogP contribution >= 0.6 is 11.9 Å². The van der Waals surface area contributed by atoms with E-state index in [9.17, 15) is 4.79 Å². The molecule has 0 bridgehead atoms. The highest BCUT2D eigenvalue weighted by atomic mass is 32.2. The number of hydrogen-bond acceptors (Lipinski definition) is 3. The predicted molar refractivity (Wildman–Crippen MR) is 115 cm³/mol. The molecular weight excluding hydrogens is 354 g/mol. The van der Waals surface area contributed by atoms with Crippen LogP contribution in [0.3, 0.4) is 0 Å². The number of nitrogens with one attached hydrogen (secondary N) is 1. The number of hydrogen-bond donors (Lipinski definition) is 1. The van der Waals surface area contributed by atoms with Crippen molar-refractivity contribution in [2.75, 3.05) is 32.4 Å². The van der Waals surface area contributed by atoms with Gasteiger partial charge in [0.05, 0.1) is 0 Å². The number of carbonyl (C=O) groups is 1. The van der Waals surface area contributed by atoms with Crippen LogP contribution in [0.1, 0.15) is 56.9 Å². The van der Waals surface area contributed by atoms with E-state index in [1.54, 1.807) is 0 Å². The van der Waals surface area contributed by atoms with Crippen LogP contribution in [-0.4, -0.2) is 53.7 Å². The van der Waals surface area contributed by atoms with Crippen molar-refractivity contribution in [2.24, 2.45) is 5.92 Å². The van der Waals surface area contributed by atoms with Gasteiger partial charge >= 0.3 is 6.03 Å². The van der Waals surface area contributed by atoms with Crippen molar-refractivity contribution in [3.63, 3.8) is 0 Å². The SMILES string of the molecule is CCSN1CCC(N(C)C(=O)NCC2CCC(c3ccccc3)CC2)CC1. The molecule has 1 heterocycles. The Bertz CT molecular complexity index is 566. The standard InChI is InChI=1S/C22H35N3OS/c1-3-27-25-15-13-21(14-16-25)24(2)22(26)23-17-18-9-11-20(12-10-18)19-7-5-4-6-8-19/h4-8,18,20-21H,3,9-17H2,1-2H3,(H,23,26). The molecule has 0 aromatic heterocycles. The Morgan fingerprint density at radius 1 is 1.11 bits per heavy atom. The maximum atomic E-state index is 12.6. The Morgan fingerprint density at radius 3 is 2.41 bits per heavy atom. The quantitative estimate of drug-likeness (QED) is 0.714. The maximum absolute atomic E-state index is 12.6. The Kier molecular flexibility index (Phi) is 7.89. The molecule has 1 aromatic rings. The summed E-state index contributed by atoms with van der Waals surface area (Å²) >= 11 is 1.92. The smallest absolute Gasteiger partial charge is 0.317 e. The molecule has 1 saturated carbocycles. The zero-order valence-corrected chi connectivity index (χ0v) is 17.7. The largest absolute Gasteiger partial charge is 0.338 e. The summed E-state index contributed by atoms with van der Waals surface area (Å²) in [5, 5.41) is 3.21. The highest BCUT2D eigenvalue weighted by Crippen LogP contribution is 2.35. The molecule has 1 saturated heterocycles. The van der Waals surface area contributed by atoms with Crippen LogP contribution in [0.25, 0.3) is 0 Å². The summed E-state index contributed by atoms with van der Waals surface area (Å²) in [7, 11) is 1.97.